The van der Waals surface area contributed by atoms with E-state index >= 15 is 0 Å². The van der Waals surface area contributed by atoms with Gasteiger partial charge in [0.2, 0.25) is 0 Å². The zero-order chi connectivity index (χ0) is 17.9. The molecule has 2 rings (SSSR count). The van der Waals surface area contributed by atoms with E-state index in [2.05, 4.69) is 21.2 Å². The van der Waals surface area contributed by atoms with Crippen molar-refractivity contribution in [2.45, 2.75) is 39.2 Å². The van der Waals surface area contributed by atoms with Crippen LogP contribution in [0.15, 0.2) is 16.6 Å². The lowest BCUT2D eigenvalue weighted by molar-refractivity contribution is 0.0188. The third-order valence-corrected chi connectivity index (χ3v) is 4.30. The molecule has 0 saturated carbocycles. The van der Waals surface area contributed by atoms with E-state index in [0.717, 1.165) is 12.8 Å². The number of nitrogens with zero attached hydrogens (tertiary/aromatic N) is 1. The summed E-state index contributed by atoms with van der Waals surface area (Å²) in [5.74, 6) is -0.979. The predicted molar refractivity (Wildman–Crippen MR) is 93.1 cm³/mol. The van der Waals surface area contributed by atoms with Gasteiger partial charge in [-0.2, -0.15) is 0 Å². The van der Waals surface area contributed by atoms with Crippen LogP contribution in [-0.4, -0.2) is 36.2 Å². The smallest absolute Gasteiger partial charge is 0.410 e. The lowest BCUT2D eigenvalue weighted by Gasteiger charge is -2.33. The summed E-state index contributed by atoms with van der Waals surface area (Å²) in [5.41, 5.74) is -0.612. The predicted octanol–water partition coefficient (Wildman–Crippen LogP) is 4.79. The zero-order valence-electron chi connectivity index (χ0n) is 14.2. The first kappa shape index (κ1) is 19.0. The monoisotopic (exact) mass is 404 g/mol. The van der Waals surface area contributed by atoms with E-state index in [-0.39, 0.29) is 17.7 Å². The van der Waals surface area contributed by atoms with Crippen molar-refractivity contribution in [2.24, 2.45) is 5.92 Å². The quantitative estimate of drug-likeness (QED) is 0.787. The first-order chi connectivity index (χ1) is 11.2. The van der Waals surface area contributed by atoms with Gasteiger partial charge in [-0.1, -0.05) is 15.9 Å². The Morgan fingerprint density at radius 2 is 1.83 bits per heavy atom. The van der Waals surface area contributed by atoms with Crippen molar-refractivity contribution in [1.82, 2.24) is 4.90 Å². The fourth-order valence-electron chi connectivity index (χ4n) is 2.60. The summed E-state index contributed by atoms with van der Waals surface area (Å²) in [5, 5.41) is 2.85. The average molecular weight is 405 g/mol. The maximum absolute atomic E-state index is 13.8. The molecule has 1 fully saturated rings. The number of rotatable bonds is 3. The molecule has 0 spiro atoms. The summed E-state index contributed by atoms with van der Waals surface area (Å²) in [4.78, 5) is 13.7. The van der Waals surface area contributed by atoms with Crippen molar-refractivity contribution >= 4 is 27.7 Å². The Morgan fingerprint density at radius 1 is 1.29 bits per heavy atom. The van der Waals surface area contributed by atoms with Gasteiger partial charge in [-0.15, -0.1) is 0 Å². The van der Waals surface area contributed by atoms with Crippen molar-refractivity contribution in [3.8, 4) is 0 Å². The second kappa shape index (κ2) is 7.68. The van der Waals surface area contributed by atoms with Gasteiger partial charge in [0.1, 0.15) is 22.9 Å². The Morgan fingerprint density at radius 3 is 2.33 bits per heavy atom. The summed E-state index contributed by atoms with van der Waals surface area (Å²) in [6.07, 6.45) is 1.23. The number of piperidine rings is 1. The Kier molecular flexibility index (Phi) is 6.06. The van der Waals surface area contributed by atoms with Crippen molar-refractivity contribution < 1.29 is 18.3 Å². The minimum atomic E-state index is -0.618. The molecule has 1 aromatic carbocycles. The number of anilines is 1. The van der Waals surface area contributed by atoms with E-state index in [1.807, 2.05) is 20.8 Å². The number of nitrogens with one attached hydrogen (secondary N) is 1. The van der Waals surface area contributed by atoms with E-state index in [0.29, 0.717) is 24.1 Å². The molecule has 24 heavy (non-hydrogen) atoms. The van der Waals surface area contributed by atoms with Crippen LogP contribution >= 0.6 is 15.9 Å². The molecular weight excluding hydrogens is 382 g/mol. The van der Waals surface area contributed by atoms with E-state index in [1.165, 1.54) is 12.1 Å². The van der Waals surface area contributed by atoms with E-state index in [1.54, 1.807) is 4.90 Å². The highest BCUT2D eigenvalue weighted by molar-refractivity contribution is 9.10. The minimum absolute atomic E-state index is 0.104. The number of halogens is 3. The molecular formula is C17H23BrF2N2O2. The normalized spacial score (nSPS) is 16.2. The first-order valence-corrected chi connectivity index (χ1v) is 8.81. The molecule has 1 amide bonds. The third kappa shape index (κ3) is 5.33. The number of benzene rings is 1. The van der Waals surface area contributed by atoms with Gasteiger partial charge in [0.05, 0.1) is 0 Å². The summed E-state index contributed by atoms with van der Waals surface area (Å²) in [7, 11) is 0. The maximum Gasteiger partial charge on any atom is 0.410 e. The topological polar surface area (TPSA) is 41.6 Å². The molecule has 134 valence electrons. The van der Waals surface area contributed by atoms with Crippen LogP contribution in [0.3, 0.4) is 0 Å². The van der Waals surface area contributed by atoms with Gasteiger partial charge in [-0.3, -0.25) is 0 Å². The highest BCUT2D eigenvalue weighted by Gasteiger charge is 2.27. The van der Waals surface area contributed by atoms with Crippen molar-refractivity contribution in [3.63, 3.8) is 0 Å². The lowest BCUT2D eigenvalue weighted by Crippen LogP contribution is -2.42. The number of carbonyl (C=O) groups excluding carboxylic acids is 1. The summed E-state index contributed by atoms with van der Waals surface area (Å²) in [6.45, 7) is 7.16. The average Bonchev–Trinajstić information content (AvgIpc) is 2.45. The molecule has 0 atom stereocenters. The molecule has 7 heteroatoms. The molecule has 0 unspecified atom stereocenters. The SMILES string of the molecule is CC(C)(C)OC(=O)N1CCC(CNc2c(F)cc(Br)cc2F)CC1. The third-order valence-electron chi connectivity index (χ3n) is 3.84. The number of amides is 1. The highest BCUT2D eigenvalue weighted by atomic mass is 79.9. The van der Waals surface area contributed by atoms with E-state index in [9.17, 15) is 13.6 Å². The fourth-order valence-corrected chi connectivity index (χ4v) is 3.01. The summed E-state index contributed by atoms with van der Waals surface area (Å²) < 4.78 is 33.3. The van der Waals surface area contributed by atoms with Crippen LogP contribution in [0.5, 0.6) is 0 Å². The second-order valence-electron chi connectivity index (χ2n) is 7.04. The van der Waals surface area contributed by atoms with Crippen molar-refractivity contribution in [3.05, 3.63) is 28.2 Å². The first-order valence-electron chi connectivity index (χ1n) is 8.02. The van der Waals surface area contributed by atoms with Gasteiger partial charge >= 0.3 is 6.09 Å². The summed E-state index contributed by atoms with van der Waals surface area (Å²) >= 11 is 3.06. The molecule has 1 heterocycles. The van der Waals surface area contributed by atoms with Crippen molar-refractivity contribution in [1.29, 1.82) is 0 Å². The van der Waals surface area contributed by atoms with Crippen LogP contribution in [0, 0.1) is 17.6 Å². The zero-order valence-corrected chi connectivity index (χ0v) is 15.8. The van der Waals surface area contributed by atoms with Crippen LogP contribution in [0.2, 0.25) is 0 Å². The maximum atomic E-state index is 13.8. The molecule has 1 aromatic rings. The molecule has 1 saturated heterocycles. The van der Waals surface area contributed by atoms with Gasteiger partial charge < -0.3 is 15.0 Å². The number of carbonyl (C=O) groups is 1. The van der Waals surface area contributed by atoms with Gasteiger partial charge in [0.25, 0.3) is 0 Å². The van der Waals surface area contributed by atoms with E-state index in [4.69, 9.17) is 4.74 Å². The standard InChI is InChI=1S/C17H23BrF2N2O2/c1-17(2,3)24-16(23)22-6-4-11(5-7-22)10-21-15-13(19)8-12(18)9-14(15)20/h8-9,11,21H,4-7,10H2,1-3H3. The molecule has 0 aliphatic carbocycles. The lowest BCUT2D eigenvalue weighted by atomic mass is 9.97. The van der Waals surface area contributed by atoms with E-state index < -0.39 is 17.2 Å². The van der Waals surface area contributed by atoms with Gasteiger partial charge in [0, 0.05) is 24.1 Å². The molecule has 0 aromatic heterocycles. The van der Waals surface area contributed by atoms with Gasteiger partial charge in [0.15, 0.2) is 0 Å². The Labute approximate surface area is 149 Å². The molecule has 1 N–H and O–H groups in total. The van der Waals surface area contributed by atoms with Crippen LogP contribution < -0.4 is 5.32 Å². The molecule has 4 nitrogen and oxygen atoms in total. The molecule has 1 aliphatic rings. The highest BCUT2D eigenvalue weighted by Crippen LogP contribution is 2.25. The minimum Gasteiger partial charge on any atom is -0.444 e. The molecule has 0 bridgehead atoms. The number of hydrogen-bond acceptors (Lipinski definition) is 3. The van der Waals surface area contributed by atoms with Crippen LogP contribution in [-0.2, 0) is 4.74 Å². The van der Waals surface area contributed by atoms with Crippen LogP contribution in [0.25, 0.3) is 0 Å². The Hall–Kier alpha value is -1.37. The summed E-state index contributed by atoms with van der Waals surface area (Å²) in [6, 6.07) is 2.47. The van der Waals surface area contributed by atoms with Gasteiger partial charge in [-0.05, 0) is 51.7 Å². The number of hydrogen-bond donors (Lipinski definition) is 1. The van der Waals surface area contributed by atoms with Gasteiger partial charge in [-0.25, -0.2) is 13.6 Å². The fraction of sp³-hybridized carbons (Fsp3) is 0.588. The Bertz CT molecular complexity index is 574. The number of ether oxygens (including phenoxy) is 1. The Balaban J connectivity index is 1.83. The number of likely N-dealkylation sites (tertiary alicyclic amines) is 1. The second-order valence-corrected chi connectivity index (χ2v) is 7.95. The van der Waals surface area contributed by atoms with Crippen molar-refractivity contribution in [2.75, 3.05) is 25.0 Å². The molecule has 0 radical (unpaired) electrons. The van der Waals surface area contributed by atoms with Crippen LogP contribution in [0.1, 0.15) is 33.6 Å². The van der Waals surface area contributed by atoms with Crippen LogP contribution in [0.4, 0.5) is 19.3 Å². The molecule has 1 aliphatic heterocycles. The largest absolute Gasteiger partial charge is 0.444 e.